The molecule has 321 valence electrons. The van der Waals surface area contributed by atoms with Crippen molar-refractivity contribution in [3.8, 4) is 0 Å². The molecule has 15 atom stereocenters. The van der Waals surface area contributed by atoms with Crippen LogP contribution in [0.1, 0.15) is 96.3 Å². The molecular formula is C33H58CuN6O12S3. The van der Waals surface area contributed by atoms with Crippen molar-refractivity contribution in [2.75, 3.05) is 7.11 Å². The van der Waals surface area contributed by atoms with E-state index in [-0.39, 0.29) is 79.1 Å². The Morgan fingerprint density at radius 2 is 1.24 bits per heavy atom. The fraction of sp³-hybridized carbons (Fsp3) is 1.00. The van der Waals surface area contributed by atoms with Gasteiger partial charge >= 0.3 is 0 Å². The van der Waals surface area contributed by atoms with Crippen molar-refractivity contribution in [2.24, 2.45) is 49.9 Å². The molecule has 55 heavy (non-hydrogen) atoms. The van der Waals surface area contributed by atoms with Crippen molar-refractivity contribution in [3.05, 3.63) is 0 Å². The number of hydrogen-bond acceptors (Lipinski definition) is 15. The van der Waals surface area contributed by atoms with Gasteiger partial charge in [-0.25, -0.2) is 0 Å². The van der Waals surface area contributed by atoms with Gasteiger partial charge < -0.3 is 26.0 Å². The molecule has 6 fully saturated rings. The van der Waals surface area contributed by atoms with E-state index in [1.165, 1.54) is 7.11 Å². The van der Waals surface area contributed by atoms with Crippen LogP contribution in [0, 0.1) is 23.7 Å². The second-order valence-electron chi connectivity index (χ2n) is 16.9. The number of nitrogens with one attached hydrogen (secondary N) is 1. The molecule has 0 saturated heterocycles. The summed E-state index contributed by atoms with van der Waals surface area (Å²) >= 11 is 0. The minimum absolute atomic E-state index is 0. The largest absolute Gasteiger partial charge is 0.391 e. The summed E-state index contributed by atoms with van der Waals surface area (Å²) < 4.78 is 109. The zero-order valence-corrected chi connectivity index (χ0v) is 34.3. The predicted molar refractivity (Wildman–Crippen MR) is 196 cm³/mol. The van der Waals surface area contributed by atoms with E-state index in [0.29, 0.717) is 38.1 Å². The molecule has 15 unspecified atom stereocenters. The van der Waals surface area contributed by atoms with Crippen LogP contribution >= 0.6 is 0 Å². The second-order valence-corrected chi connectivity index (χ2v) is 21.9. The predicted octanol–water partition coefficient (Wildman–Crippen LogP) is 1.92. The average Bonchev–Trinajstić information content (AvgIpc) is 3.09. The third-order valence-electron chi connectivity index (χ3n) is 13.6. The number of hydrogen-bond donors (Lipinski definition) is 7. The topological polar surface area (TPSA) is 300 Å². The van der Waals surface area contributed by atoms with Crippen LogP contribution < -0.4 is 11.1 Å². The number of aliphatic hydroxyl groups is 2. The number of ether oxygens (including phenoxy) is 1. The van der Waals surface area contributed by atoms with E-state index in [1.54, 1.807) is 0 Å². The Bertz CT molecular complexity index is 1700. The zero-order valence-electron chi connectivity index (χ0n) is 30.9. The second kappa shape index (κ2) is 18.3. The van der Waals surface area contributed by atoms with Crippen LogP contribution in [-0.4, -0.2) is 133 Å². The summed E-state index contributed by atoms with van der Waals surface area (Å²) in [7, 11) is -12.2. The molecule has 0 aromatic carbocycles. The average molecular weight is 891 g/mol. The molecule has 1 radical (unpaired) electrons. The van der Waals surface area contributed by atoms with E-state index >= 15 is 0 Å². The number of nitrogens with zero attached hydrogens (tertiary/aromatic N) is 4. The van der Waals surface area contributed by atoms with Gasteiger partial charge in [-0.05, 0) is 107 Å². The molecule has 8 N–H and O–H groups in total. The zero-order chi connectivity index (χ0) is 39.2. The van der Waals surface area contributed by atoms with Crippen LogP contribution in [0.4, 0.5) is 0 Å². The number of azo groups is 2. The molecule has 0 aliphatic heterocycles. The molecule has 0 bridgehead atoms. The van der Waals surface area contributed by atoms with Crippen molar-refractivity contribution >= 4 is 30.4 Å². The smallest absolute Gasteiger partial charge is 0.270 e. The number of nitrogens with two attached hydrogens (primary N) is 1. The fourth-order valence-electron chi connectivity index (χ4n) is 10.7. The van der Waals surface area contributed by atoms with Gasteiger partial charge in [0.25, 0.3) is 30.4 Å². The summed E-state index contributed by atoms with van der Waals surface area (Å²) in [6.45, 7) is 0. The van der Waals surface area contributed by atoms with Crippen molar-refractivity contribution < 1.29 is 70.9 Å². The van der Waals surface area contributed by atoms with E-state index in [1.807, 2.05) is 0 Å². The van der Waals surface area contributed by atoms with Crippen LogP contribution in [0.25, 0.3) is 0 Å². The van der Waals surface area contributed by atoms with E-state index in [0.717, 1.165) is 32.1 Å². The third-order valence-corrected chi connectivity index (χ3v) is 17.4. The van der Waals surface area contributed by atoms with Gasteiger partial charge in [0.1, 0.15) is 11.3 Å². The first-order valence-electron chi connectivity index (χ1n) is 19.4. The van der Waals surface area contributed by atoms with Gasteiger partial charge in [-0.2, -0.15) is 45.7 Å². The van der Waals surface area contributed by atoms with E-state index < -0.39 is 94.4 Å². The van der Waals surface area contributed by atoms with Gasteiger partial charge in [-0.3, -0.25) is 13.7 Å². The molecule has 0 amide bonds. The summed E-state index contributed by atoms with van der Waals surface area (Å²) in [4.78, 5) is 0. The first kappa shape index (κ1) is 45.3. The van der Waals surface area contributed by atoms with E-state index in [4.69, 9.17) is 10.5 Å². The maximum atomic E-state index is 12.7. The Labute approximate surface area is 334 Å². The van der Waals surface area contributed by atoms with E-state index in [9.17, 15) is 49.1 Å². The normalized spacial score (nSPS) is 44.7. The number of aliphatic hydroxyl groups excluding tert-OH is 2. The van der Waals surface area contributed by atoms with Crippen LogP contribution in [0.2, 0.25) is 0 Å². The molecule has 6 aliphatic carbocycles. The Morgan fingerprint density at radius 3 is 1.87 bits per heavy atom. The Balaban J connectivity index is 0.00000580. The Kier molecular flexibility index (Phi) is 15.0. The molecule has 0 aromatic rings. The molecular weight excluding hydrogens is 832 g/mol. The molecule has 6 aliphatic rings. The Morgan fingerprint density at radius 1 is 0.618 bits per heavy atom. The first-order valence-corrected chi connectivity index (χ1v) is 23.9. The maximum absolute atomic E-state index is 12.7. The van der Waals surface area contributed by atoms with Crippen LogP contribution in [0.5, 0.6) is 0 Å². The third kappa shape index (κ3) is 10.9. The van der Waals surface area contributed by atoms with Gasteiger partial charge in [-0.1, -0.05) is 0 Å². The van der Waals surface area contributed by atoms with Gasteiger partial charge in [0.05, 0.1) is 46.9 Å². The van der Waals surface area contributed by atoms with Crippen LogP contribution in [0.15, 0.2) is 20.5 Å². The minimum atomic E-state index is -4.59. The van der Waals surface area contributed by atoms with Gasteiger partial charge in [-0.15, -0.1) is 0 Å². The van der Waals surface area contributed by atoms with Crippen molar-refractivity contribution in [1.29, 1.82) is 0 Å². The van der Waals surface area contributed by atoms with Crippen molar-refractivity contribution in [3.63, 3.8) is 0 Å². The summed E-state index contributed by atoms with van der Waals surface area (Å²) in [5, 5.41) is 40.0. The first-order chi connectivity index (χ1) is 25.3. The summed E-state index contributed by atoms with van der Waals surface area (Å²) in [5.41, 5.74) is 6.06. The maximum Gasteiger partial charge on any atom is 0.270 e. The van der Waals surface area contributed by atoms with E-state index in [2.05, 4.69) is 25.8 Å². The number of methoxy groups -OCH3 is 1. The summed E-state index contributed by atoms with van der Waals surface area (Å²) in [6, 6.07) is -2.19. The molecule has 6 saturated carbocycles. The monoisotopic (exact) mass is 889 g/mol. The minimum Gasteiger partial charge on any atom is -0.391 e. The molecule has 0 aromatic heterocycles. The molecule has 0 spiro atoms. The molecule has 0 heterocycles. The fourth-order valence-corrected chi connectivity index (χ4v) is 14.1. The molecule has 18 nitrogen and oxygen atoms in total. The van der Waals surface area contributed by atoms with Crippen LogP contribution in [-0.2, 0) is 52.2 Å². The SMILES string of the molecule is COC1CC(N=NC2C(O)C3CCC(NC4CCC(N)CC4)CC3CC2S(=O)(=O)O)C(O)CC1N=NC1CCC2C(C1)CC(S(=O)(=O)O)CC2S(=O)(=O)O.[Cu]. The summed E-state index contributed by atoms with van der Waals surface area (Å²) in [5.74, 6) is -1.24. The summed E-state index contributed by atoms with van der Waals surface area (Å²) in [6.07, 6.45) is 4.55. The van der Waals surface area contributed by atoms with Gasteiger partial charge in [0.15, 0.2) is 0 Å². The van der Waals surface area contributed by atoms with Crippen molar-refractivity contribution in [2.45, 2.75) is 173 Å². The van der Waals surface area contributed by atoms with Crippen LogP contribution in [0.3, 0.4) is 0 Å². The molecule has 22 heteroatoms. The van der Waals surface area contributed by atoms with Gasteiger partial charge in [0, 0.05) is 55.1 Å². The molecule has 6 rings (SSSR count). The van der Waals surface area contributed by atoms with Crippen molar-refractivity contribution in [1.82, 2.24) is 5.32 Å². The number of rotatable bonds is 10. The quantitative estimate of drug-likeness (QED) is 0.0937. The van der Waals surface area contributed by atoms with Gasteiger partial charge in [0.2, 0.25) is 0 Å². The Hall–Kier alpha value is -0.751. The number of fused-ring (bicyclic) bond motifs is 2. The standard InChI is InChI=1S/C33H58N6O12S3.Cu/c1-51-29-16-26(28(40)15-27(29)38-36-22-7-8-24-17(11-22)12-23(52(42,43)44)14-30(24)53(45,46)47)37-39-32-31(54(48,49)50)13-18-10-21(6-9-25(18)33(32)41)35-20-4-2-19(34)3-5-20;/h17-33,35,40-41H,2-16,34H2,1H3,(H,42,43,44)(H,45,46,47)(H,48,49,50);.